The minimum atomic E-state index is -1.29. The van der Waals surface area contributed by atoms with Gasteiger partial charge in [0, 0.05) is 13.1 Å². The van der Waals surface area contributed by atoms with Crippen LogP contribution >= 0.6 is 11.6 Å². The average molecular weight is 612 g/mol. The predicted molar refractivity (Wildman–Crippen MR) is 155 cm³/mol. The van der Waals surface area contributed by atoms with Crippen molar-refractivity contribution in [3.8, 4) is 12.1 Å². The zero-order valence-electron chi connectivity index (χ0n) is 23.5. The summed E-state index contributed by atoms with van der Waals surface area (Å²) in [6.07, 6.45) is -1.07. The zero-order valence-corrected chi connectivity index (χ0v) is 24.3. The zero-order chi connectivity index (χ0) is 31.3. The lowest BCUT2D eigenvalue weighted by Crippen LogP contribution is -2.57. The number of aromatic nitrogens is 4. The number of piperidine rings is 1. The summed E-state index contributed by atoms with van der Waals surface area (Å²) in [4.78, 5) is 35.1. The Hall–Kier alpha value is -4.90. The number of amides is 1. The van der Waals surface area contributed by atoms with Crippen molar-refractivity contribution < 1.29 is 24.2 Å². The molecule has 17 heteroatoms. The van der Waals surface area contributed by atoms with Gasteiger partial charge in [0.1, 0.15) is 18.2 Å². The van der Waals surface area contributed by atoms with Gasteiger partial charge in [0.05, 0.1) is 60.0 Å². The third kappa shape index (κ3) is 6.78. The van der Waals surface area contributed by atoms with Gasteiger partial charge in [-0.3, -0.25) is 4.79 Å². The summed E-state index contributed by atoms with van der Waals surface area (Å²) in [5.41, 5.74) is 7.32. The summed E-state index contributed by atoms with van der Waals surface area (Å²) in [7, 11) is 1.22. The van der Waals surface area contributed by atoms with E-state index < -0.39 is 36.4 Å². The van der Waals surface area contributed by atoms with E-state index in [9.17, 15) is 25.2 Å². The van der Waals surface area contributed by atoms with Crippen LogP contribution in [0.1, 0.15) is 31.5 Å². The monoisotopic (exact) mass is 611 g/mol. The fourth-order valence-corrected chi connectivity index (χ4v) is 4.74. The SMILES string of the molecule is CCNc1nc(Nc2cc(C#N)cc(N3CC[C@@H](NC(=O)OC)[C@H](OC(=O)C(N)C(C)O)C3)c2Cl)nn2c(C#N)cnc12. The van der Waals surface area contributed by atoms with Crippen LogP contribution in [0.15, 0.2) is 18.3 Å². The predicted octanol–water partition coefficient (Wildman–Crippen LogP) is 1.25. The quantitative estimate of drug-likeness (QED) is 0.214. The highest BCUT2D eigenvalue weighted by Gasteiger charge is 2.36. The van der Waals surface area contributed by atoms with E-state index >= 15 is 0 Å². The number of hydrogen-bond donors (Lipinski definition) is 5. The highest BCUT2D eigenvalue weighted by Crippen LogP contribution is 2.37. The second-order valence-electron chi connectivity index (χ2n) is 9.62. The molecule has 0 spiro atoms. The maximum Gasteiger partial charge on any atom is 0.407 e. The van der Waals surface area contributed by atoms with Crippen LogP contribution in [0.3, 0.4) is 0 Å². The number of benzene rings is 1. The second kappa shape index (κ2) is 13.4. The number of rotatable bonds is 9. The van der Waals surface area contributed by atoms with Crippen molar-refractivity contribution in [1.82, 2.24) is 24.9 Å². The summed E-state index contributed by atoms with van der Waals surface area (Å²) >= 11 is 6.86. The first kappa shape index (κ1) is 31.0. The van der Waals surface area contributed by atoms with Crippen molar-refractivity contribution in [3.63, 3.8) is 0 Å². The lowest BCUT2D eigenvalue weighted by molar-refractivity contribution is -0.154. The number of esters is 1. The minimum absolute atomic E-state index is 0.0641. The smallest absolute Gasteiger partial charge is 0.407 e. The van der Waals surface area contributed by atoms with Gasteiger partial charge in [-0.15, -0.1) is 5.10 Å². The van der Waals surface area contributed by atoms with Crippen LogP contribution in [-0.4, -0.2) is 87.8 Å². The average Bonchev–Trinajstić information content (AvgIpc) is 3.41. The molecule has 3 aromatic rings. The number of nitrogens with zero attached hydrogens (tertiary/aromatic N) is 7. The molecule has 16 nitrogen and oxygen atoms in total. The number of aliphatic hydroxyl groups excluding tert-OH is 1. The van der Waals surface area contributed by atoms with Crippen molar-refractivity contribution in [2.75, 3.05) is 42.3 Å². The Morgan fingerprint density at radius 1 is 1.33 bits per heavy atom. The van der Waals surface area contributed by atoms with E-state index in [1.54, 1.807) is 11.0 Å². The molecule has 3 heterocycles. The van der Waals surface area contributed by atoms with Gasteiger partial charge in [-0.1, -0.05) is 11.6 Å². The largest absolute Gasteiger partial charge is 0.457 e. The van der Waals surface area contributed by atoms with E-state index in [1.807, 2.05) is 13.0 Å². The Morgan fingerprint density at radius 3 is 2.74 bits per heavy atom. The molecule has 4 atom stereocenters. The molecule has 0 radical (unpaired) electrons. The number of imidazole rings is 1. The number of nitriles is 2. The van der Waals surface area contributed by atoms with Gasteiger partial charge in [-0.05, 0) is 32.4 Å². The summed E-state index contributed by atoms with van der Waals surface area (Å²) in [5, 5.41) is 42.4. The molecule has 1 fully saturated rings. The summed E-state index contributed by atoms with van der Waals surface area (Å²) in [5.74, 6) is -0.381. The molecular weight excluding hydrogens is 582 g/mol. The lowest BCUT2D eigenvalue weighted by Gasteiger charge is -2.40. The molecule has 0 saturated carbocycles. The highest BCUT2D eigenvalue weighted by atomic mass is 35.5. The van der Waals surface area contributed by atoms with E-state index in [0.717, 1.165) is 0 Å². The molecule has 0 bridgehead atoms. The number of hydrogen-bond acceptors (Lipinski definition) is 14. The topological polar surface area (TPSA) is 229 Å². The number of anilines is 4. The van der Waals surface area contributed by atoms with Crippen LogP contribution in [-0.2, 0) is 14.3 Å². The maximum absolute atomic E-state index is 12.6. The van der Waals surface area contributed by atoms with Gasteiger partial charge in [-0.25, -0.2) is 9.78 Å². The number of fused-ring (bicyclic) bond motifs is 1. The molecule has 0 aliphatic carbocycles. The van der Waals surface area contributed by atoms with Crippen LogP contribution < -0.4 is 26.6 Å². The first-order valence-corrected chi connectivity index (χ1v) is 13.6. The Bertz CT molecular complexity index is 1600. The standard InChI is InChI=1S/C26H30ClN11O5/c1-4-31-22-23-32-11-15(10-29)38(23)36-25(35-22)33-17-7-14(9-28)8-18(20(17)27)37-6-5-16(34-26(41)42-3)19(12-37)43-24(40)21(30)13(2)39/h7-8,11,13,16,19,21,39H,4-6,12,30H2,1-3H3,(H,34,41)(H2,31,33,35,36)/t13?,16-,19-,21?/m1/s1. The first-order valence-electron chi connectivity index (χ1n) is 13.2. The summed E-state index contributed by atoms with van der Waals surface area (Å²) in [6, 6.07) is 5.32. The normalized spacial score (nSPS) is 17.7. The van der Waals surface area contributed by atoms with Gasteiger partial charge < -0.3 is 41.2 Å². The van der Waals surface area contributed by atoms with E-state index in [4.69, 9.17) is 26.8 Å². The maximum atomic E-state index is 12.6. The third-order valence-electron chi connectivity index (χ3n) is 6.70. The van der Waals surface area contributed by atoms with E-state index in [2.05, 4.69) is 37.1 Å². The number of alkyl carbamates (subject to hydrolysis) is 1. The fourth-order valence-electron chi connectivity index (χ4n) is 4.47. The molecular formula is C26H30ClN11O5. The molecule has 4 rings (SSSR count). The molecule has 43 heavy (non-hydrogen) atoms. The van der Waals surface area contributed by atoms with E-state index in [1.165, 1.54) is 30.8 Å². The molecule has 1 aliphatic rings. The molecule has 1 aromatic carbocycles. The molecule has 2 unspecified atom stereocenters. The number of aliphatic hydroxyl groups is 1. The van der Waals surface area contributed by atoms with Crippen LogP contribution in [0.2, 0.25) is 5.02 Å². The number of halogens is 1. The number of nitrogens with one attached hydrogen (secondary N) is 3. The molecule has 1 saturated heterocycles. The Morgan fingerprint density at radius 2 is 2.09 bits per heavy atom. The van der Waals surface area contributed by atoms with Crippen molar-refractivity contribution in [2.45, 2.75) is 44.6 Å². The van der Waals surface area contributed by atoms with Crippen LogP contribution in [0.4, 0.5) is 27.9 Å². The van der Waals surface area contributed by atoms with E-state index in [0.29, 0.717) is 42.4 Å². The van der Waals surface area contributed by atoms with Gasteiger partial charge in [0.15, 0.2) is 17.2 Å². The number of nitrogens with two attached hydrogens (primary N) is 1. The summed E-state index contributed by atoms with van der Waals surface area (Å²) < 4.78 is 11.7. The fraction of sp³-hybridized carbons (Fsp3) is 0.423. The van der Waals surface area contributed by atoms with Crippen LogP contribution in [0, 0.1) is 22.7 Å². The van der Waals surface area contributed by atoms with Crippen molar-refractivity contribution in [3.05, 3.63) is 34.6 Å². The molecule has 1 amide bonds. The second-order valence-corrected chi connectivity index (χ2v) is 10.00. The Balaban J connectivity index is 1.68. The summed E-state index contributed by atoms with van der Waals surface area (Å²) in [6.45, 7) is 4.19. The lowest BCUT2D eigenvalue weighted by atomic mass is 10.00. The highest BCUT2D eigenvalue weighted by molar-refractivity contribution is 6.36. The van der Waals surface area contributed by atoms with Gasteiger partial charge >= 0.3 is 12.1 Å². The molecule has 2 aromatic heterocycles. The Labute approximate surface area is 251 Å². The Kier molecular flexibility index (Phi) is 9.66. The first-order chi connectivity index (χ1) is 20.6. The number of carbonyl (C=O) groups is 2. The number of methoxy groups -OCH3 is 1. The van der Waals surface area contributed by atoms with Crippen molar-refractivity contribution in [1.29, 1.82) is 10.5 Å². The van der Waals surface area contributed by atoms with Gasteiger partial charge in [0.2, 0.25) is 5.95 Å². The number of carbonyl (C=O) groups excluding carboxylic acids is 2. The van der Waals surface area contributed by atoms with Crippen molar-refractivity contribution in [2.24, 2.45) is 5.73 Å². The van der Waals surface area contributed by atoms with Crippen molar-refractivity contribution >= 4 is 52.5 Å². The van der Waals surface area contributed by atoms with E-state index in [-0.39, 0.29) is 28.8 Å². The van der Waals surface area contributed by atoms with Crippen LogP contribution in [0.5, 0.6) is 0 Å². The molecule has 226 valence electrons. The third-order valence-corrected chi connectivity index (χ3v) is 7.10. The molecule has 6 N–H and O–H groups in total. The number of ether oxygens (including phenoxy) is 2. The van der Waals surface area contributed by atoms with Gasteiger partial charge in [0.25, 0.3) is 0 Å². The molecule has 1 aliphatic heterocycles. The minimum Gasteiger partial charge on any atom is -0.457 e. The van der Waals surface area contributed by atoms with Crippen LogP contribution in [0.25, 0.3) is 5.65 Å². The van der Waals surface area contributed by atoms with Gasteiger partial charge in [-0.2, -0.15) is 20.0 Å².